The number of ketones is 2. The molecular weight excluding hydrogens is 504 g/mol. The highest BCUT2D eigenvalue weighted by Crippen LogP contribution is 2.74. The smallest absolute Gasteiger partial charge is 0.309 e. The third-order valence-electron chi connectivity index (χ3n) is 11.7. The van der Waals surface area contributed by atoms with Gasteiger partial charge in [0.05, 0.1) is 18.1 Å². The van der Waals surface area contributed by atoms with E-state index in [2.05, 4.69) is 0 Å². The number of aliphatic hydroxyl groups excluding tert-OH is 2. The molecule has 0 aromatic heterocycles. The van der Waals surface area contributed by atoms with Gasteiger partial charge >= 0.3 is 5.97 Å². The Morgan fingerprint density at radius 2 is 1.79 bits per heavy atom. The average molecular weight is 549 g/mol. The molecule has 0 radical (unpaired) electrons. The molecule has 0 aromatic carbocycles. The maximum absolute atomic E-state index is 13.6. The van der Waals surface area contributed by atoms with Gasteiger partial charge in [-0.1, -0.05) is 47.1 Å². The molecule has 2 heterocycles. The molecule has 4 N–H and O–H groups in total. The van der Waals surface area contributed by atoms with E-state index in [1.54, 1.807) is 20.8 Å². The lowest BCUT2D eigenvalue weighted by Gasteiger charge is -2.68. The molecule has 5 rings (SSSR count). The minimum Gasteiger partial charge on any atom is -0.461 e. The van der Waals surface area contributed by atoms with Gasteiger partial charge in [-0.2, -0.15) is 0 Å². The molecule has 9 nitrogen and oxygen atoms in total. The fourth-order valence-electron chi connectivity index (χ4n) is 9.73. The number of fused-ring (bicyclic) bond motifs is 1. The molecule has 9 heteroatoms. The fourth-order valence-corrected chi connectivity index (χ4v) is 9.73. The SMILES string of the molecule is CC1=CC(=O)[C@@H](O)[C@]2(C)C3C4(O)OC[C@]35C(C(CC(=O)CC(O)(C(C)C)C(C)C)C(=O)O[C@@H]5C[C@@H]12)[C@@H](C)[C@H]4O. The lowest BCUT2D eigenvalue weighted by atomic mass is 9.37. The van der Waals surface area contributed by atoms with Crippen molar-refractivity contribution in [1.82, 2.24) is 0 Å². The van der Waals surface area contributed by atoms with Gasteiger partial charge in [-0.05, 0) is 49.0 Å². The highest BCUT2D eigenvalue weighted by molar-refractivity contribution is 5.96. The largest absolute Gasteiger partial charge is 0.461 e. The molecule has 0 amide bonds. The van der Waals surface area contributed by atoms with Crippen molar-refractivity contribution in [3.8, 4) is 0 Å². The highest BCUT2D eigenvalue weighted by Gasteiger charge is 2.83. The summed E-state index contributed by atoms with van der Waals surface area (Å²) in [6, 6.07) is 0. The summed E-state index contributed by atoms with van der Waals surface area (Å²) < 4.78 is 12.1. The van der Waals surface area contributed by atoms with Gasteiger partial charge in [0, 0.05) is 29.6 Å². The van der Waals surface area contributed by atoms with Crippen LogP contribution in [0.25, 0.3) is 0 Å². The van der Waals surface area contributed by atoms with Gasteiger partial charge in [0.1, 0.15) is 24.1 Å². The number of esters is 1. The fraction of sp³-hybridized carbons (Fsp3) is 0.833. The minimum atomic E-state index is -2.06. The zero-order valence-electron chi connectivity index (χ0n) is 24.0. The molecular formula is C30H44O9. The van der Waals surface area contributed by atoms with E-state index < -0.39 is 76.0 Å². The van der Waals surface area contributed by atoms with Gasteiger partial charge in [-0.25, -0.2) is 0 Å². The predicted molar refractivity (Wildman–Crippen MR) is 139 cm³/mol. The van der Waals surface area contributed by atoms with Crippen molar-refractivity contribution in [2.45, 2.75) is 97.4 Å². The Labute approximate surface area is 229 Å². The van der Waals surface area contributed by atoms with E-state index >= 15 is 0 Å². The summed E-state index contributed by atoms with van der Waals surface area (Å²) in [5, 5.41) is 46.1. The number of hydrogen-bond acceptors (Lipinski definition) is 9. The molecule has 2 aliphatic heterocycles. The number of aliphatic hydroxyl groups is 4. The van der Waals surface area contributed by atoms with Crippen LogP contribution in [0.3, 0.4) is 0 Å². The number of allylic oxidation sites excluding steroid dienone is 1. The summed E-state index contributed by atoms with van der Waals surface area (Å²) in [4.78, 5) is 40.0. The lowest BCUT2D eigenvalue weighted by Crippen LogP contribution is -2.77. The van der Waals surface area contributed by atoms with Crippen molar-refractivity contribution in [3.05, 3.63) is 11.6 Å². The number of rotatable bonds is 6. The van der Waals surface area contributed by atoms with Gasteiger partial charge in [-0.15, -0.1) is 0 Å². The summed E-state index contributed by atoms with van der Waals surface area (Å²) in [6.45, 7) is 12.7. The van der Waals surface area contributed by atoms with Crippen LogP contribution >= 0.6 is 0 Å². The van der Waals surface area contributed by atoms with Gasteiger partial charge in [0.25, 0.3) is 0 Å². The van der Waals surface area contributed by atoms with Crippen LogP contribution in [0.4, 0.5) is 0 Å². The standard InChI is InChI=1S/C30H44O9/c1-13(2)29(36,14(3)4)11-17(31)9-18-22-16(6)23(33)30(37)26-27(7)19(15(5)8-20(32)24(27)34)10-21(39-25(18)35)28(22,26)12-38-30/h8,13-14,16,18-19,21-24,26,33-34,36-37H,9-12H2,1-7H3/t16-,18?,19+,21-,22?,23-,24-,26?,27-,28+,30?/m1/s1. The van der Waals surface area contributed by atoms with Crippen LogP contribution in [-0.4, -0.2) is 74.3 Å². The van der Waals surface area contributed by atoms with Crippen LogP contribution in [0.15, 0.2) is 11.6 Å². The first-order valence-electron chi connectivity index (χ1n) is 14.4. The zero-order valence-corrected chi connectivity index (χ0v) is 24.0. The van der Waals surface area contributed by atoms with Crippen molar-refractivity contribution < 1.29 is 44.3 Å². The van der Waals surface area contributed by atoms with Gasteiger partial charge in [-0.3, -0.25) is 14.4 Å². The number of Topliss-reactive ketones (excluding diaryl/α,β-unsaturated/α-hetero) is 1. The van der Waals surface area contributed by atoms with E-state index in [9.17, 15) is 34.8 Å². The normalized spacial score (nSPS) is 47.1. The Kier molecular flexibility index (Phi) is 6.60. The van der Waals surface area contributed by atoms with Crippen LogP contribution in [-0.2, 0) is 23.9 Å². The molecule has 4 unspecified atom stereocenters. The first kappa shape index (κ1) is 28.9. The molecule has 1 spiro atoms. The first-order valence-corrected chi connectivity index (χ1v) is 14.4. The topological polar surface area (TPSA) is 151 Å². The van der Waals surface area contributed by atoms with Crippen molar-refractivity contribution in [2.24, 2.45) is 52.3 Å². The van der Waals surface area contributed by atoms with E-state index in [0.717, 1.165) is 5.57 Å². The molecule has 2 bridgehead atoms. The first-order chi connectivity index (χ1) is 18.0. The predicted octanol–water partition coefficient (Wildman–Crippen LogP) is 1.78. The van der Waals surface area contributed by atoms with Crippen LogP contribution in [0.2, 0.25) is 0 Å². The minimum absolute atomic E-state index is 0.0310. The maximum atomic E-state index is 13.6. The molecule has 2 saturated carbocycles. The molecule has 4 fully saturated rings. The van der Waals surface area contributed by atoms with Crippen molar-refractivity contribution in [1.29, 1.82) is 0 Å². The van der Waals surface area contributed by atoms with Crippen molar-refractivity contribution >= 4 is 17.5 Å². The lowest BCUT2D eigenvalue weighted by molar-refractivity contribution is -0.337. The Morgan fingerprint density at radius 3 is 2.38 bits per heavy atom. The van der Waals surface area contributed by atoms with Crippen LogP contribution in [0.1, 0.15) is 67.7 Å². The summed E-state index contributed by atoms with van der Waals surface area (Å²) in [5.74, 6) is -7.18. The second-order valence-corrected chi connectivity index (χ2v) is 14.0. The third kappa shape index (κ3) is 3.52. The number of hydrogen-bond donors (Lipinski definition) is 4. The Morgan fingerprint density at radius 1 is 1.18 bits per heavy atom. The summed E-state index contributed by atoms with van der Waals surface area (Å²) >= 11 is 0. The average Bonchev–Trinajstić information content (AvgIpc) is 3.13. The van der Waals surface area contributed by atoms with Crippen molar-refractivity contribution in [3.63, 3.8) is 0 Å². The second kappa shape index (κ2) is 8.92. The van der Waals surface area contributed by atoms with E-state index in [0.29, 0.717) is 6.42 Å². The molecule has 11 atom stereocenters. The quantitative estimate of drug-likeness (QED) is 0.364. The van der Waals surface area contributed by atoms with Crippen LogP contribution in [0, 0.1) is 52.3 Å². The number of carbonyl (C=O) groups is 3. The second-order valence-electron chi connectivity index (χ2n) is 14.0. The van der Waals surface area contributed by atoms with E-state index in [-0.39, 0.29) is 43.0 Å². The number of carbonyl (C=O) groups excluding carboxylic acids is 3. The monoisotopic (exact) mass is 548 g/mol. The van der Waals surface area contributed by atoms with Gasteiger partial charge < -0.3 is 29.9 Å². The van der Waals surface area contributed by atoms with Crippen LogP contribution in [0.5, 0.6) is 0 Å². The van der Waals surface area contributed by atoms with E-state index in [4.69, 9.17) is 9.47 Å². The summed E-state index contributed by atoms with van der Waals surface area (Å²) in [6.07, 6.45) is -2.08. The van der Waals surface area contributed by atoms with E-state index in [1.807, 2.05) is 27.7 Å². The Bertz CT molecular complexity index is 1100. The molecule has 39 heavy (non-hydrogen) atoms. The van der Waals surface area contributed by atoms with Gasteiger partial charge in [0.2, 0.25) is 0 Å². The Balaban J connectivity index is 1.60. The van der Waals surface area contributed by atoms with Crippen LogP contribution < -0.4 is 0 Å². The number of ether oxygens (including phenoxy) is 2. The summed E-state index contributed by atoms with van der Waals surface area (Å²) in [5.41, 5.74) is -2.71. The molecule has 5 aliphatic rings. The summed E-state index contributed by atoms with van der Waals surface area (Å²) in [7, 11) is 0. The van der Waals surface area contributed by atoms with Crippen molar-refractivity contribution in [2.75, 3.05) is 6.61 Å². The maximum Gasteiger partial charge on any atom is 0.309 e. The molecule has 2 saturated heterocycles. The van der Waals surface area contributed by atoms with E-state index in [1.165, 1.54) is 6.08 Å². The molecule has 3 aliphatic carbocycles. The zero-order chi connectivity index (χ0) is 29.0. The highest BCUT2D eigenvalue weighted by atomic mass is 16.6. The third-order valence-corrected chi connectivity index (χ3v) is 11.7. The molecule has 218 valence electrons. The molecule has 0 aromatic rings. The van der Waals surface area contributed by atoms with Gasteiger partial charge in [0.15, 0.2) is 11.6 Å². The Hall–Kier alpha value is -1.65.